The molecule has 6 heteroatoms. The fourth-order valence-electron chi connectivity index (χ4n) is 4.39. The van der Waals surface area contributed by atoms with E-state index >= 15 is 0 Å². The highest BCUT2D eigenvalue weighted by molar-refractivity contribution is 7.91. The number of hydrogen-bond donors (Lipinski definition) is 1. The summed E-state index contributed by atoms with van der Waals surface area (Å²) in [5.41, 5.74) is 1.02. The van der Waals surface area contributed by atoms with Gasteiger partial charge in [-0.2, -0.15) is 0 Å². The third-order valence-corrected chi connectivity index (χ3v) is 7.90. The minimum atomic E-state index is -3.41. The minimum absolute atomic E-state index is 0.0263. The highest BCUT2D eigenvalue weighted by atomic mass is 32.2. The lowest BCUT2D eigenvalue weighted by atomic mass is 9.88. The number of amides is 1. The van der Waals surface area contributed by atoms with Crippen LogP contribution < -0.4 is 5.32 Å². The molecule has 0 unspecified atom stereocenters. The molecule has 0 aromatic heterocycles. The molecule has 0 radical (unpaired) electrons. The van der Waals surface area contributed by atoms with Crippen LogP contribution in [0, 0.1) is 12.8 Å². The number of carbonyl (C=O) groups excluding carboxylic acids is 1. The Hall–Kier alpha value is -1.40. The molecule has 2 aliphatic rings. The lowest BCUT2D eigenvalue weighted by Crippen LogP contribution is -2.46. The molecule has 1 saturated carbocycles. The molecule has 2 fully saturated rings. The first-order valence-electron chi connectivity index (χ1n) is 10.7. The third kappa shape index (κ3) is 6.31. The van der Waals surface area contributed by atoms with Crippen molar-refractivity contribution in [2.45, 2.75) is 69.2 Å². The fourth-order valence-corrected chi connectivity index (χ4v) is 5.63. The van der Waals surface area contributed by atoms with Crippen LogP contribution >= 0.6 is 0 Å². The quantitative estimate of drug-likeness (QED) is 0.754. The Balaban J connectivity index is 1.38. The fraction of sp³-hybridized carbons (Fsp3) is 0.682. The van der Waals surface area contributed by atoms with Crippen molar-refractivity contribution in [2.24, 2.45) is 5.92 Å². The van der Waals surface area contributed by atoms with Crippen molar-refractivity contribution in [1.29, 1.82) is 0 Å². The van der Waals surface area contributed by atoms with Gasteiger partial charge in [0.25, 0.3) is 0 Å². The van der Waals surface area contributed by atoms with Gasteiger partial charge in [0.2, 0.25) is 5.91 Å². The molecule has 1 aliphatic heterocycles. The van der Waals surface area contributed by atoms with Crippen molar-refractivity contribution in [3.8, 4) is 0 Å². The number of piperidine rings is 1. The summed E-state index contributed by atoms with van der Waals surface area (Å²) in [6, 6.07) is 6.98. The molecule has 0 atom stereocenters. The van der Waals surface area contributed by atoms with Gasteiger partial charge in [-0.25, -0.2) is 8.42 Å². The summed E-state index contributed by atoms with van der Waals surface area (Å²) < 4.78 is 24.8. The van der Waals surface area contributed by atoms with Crippen LogP contribution in [0.3, 0.4) is 0 Å². The number of likely N-dealkylation sites (tertiary alicyclic amines) is 1. The van der Waals surface area contributed by atoms with Gasteiger partial charge in [0.05, 0.1) is 10.6 Å². The highest BCUT2D eigenvalue weighted by Crippen LogP contribution is 2.25. The second-order valence-corrected chi connectivity index (χ2v) is 10.6. The van der Waals surface area contributed by atoms with Crippen LogP contribution in [0.4, 0.5) is 0 Å². The SMILES string of the molecule is Cc1ccc(S(=O)(=O)CCC(=O)NC2CCN(CC3CCCCC3)CC2)cc1. The monoisotopic (exact) mass is 406 g/mol. The Bertz CT molecular complexity index is 732. The summed E-state index contributed by atoms with van der Waals surface area (Å²) in [5, 5.41) is 3.05. The van der Waals surface area contributed by atoms with E-state index in [1.165, 1.54) is 38.6 Å². The molecule has 1 aromatic rings. The number of aryl methyl sites for hydroxylation is 1. The number of carbonyl (C=O) groups is 1. The van der Waals surface area contributed by atoms with Crippen LogP contribution in [0.15, 0.2) is 29.2 Å². The standard InChI is InChI=1S/C22H34N2O3S/c1-18-7-9-21(10-8-18)28(26,27)16-13-22(25)23-20-11-14-24(15-12-20)17-19-5-3-2-4-6-19/h7-10,19-20H,2-6,11-17H2,1H3,(H,23,25). The van der Waals surface area contributed by atoms with Crippen LogP contribution in [0.25, 0.3) is 0 Å². The molecule has 156 valence electrons. The van der Waals surface area contributed by atoms with E-state index < -0.39 is 9.84 Å². The zero-order chi connectivity index (χ0) is 20.0. The first-order chi connectivity index (χ1) is 13.4. The maximum atomic E-state index is 12.4. The van der Waals surface area contributed by atoms with Gasteiger partial charge in [0.1, 0.15) is 0 Å². The van der Waals surface area contributed by atoms with Crippen molar-refractivity contribution in [3.05, 3.63) is 29.8 Å². The van der Waals surface area contributed by atoms with E-state index in [2.05, 4.69) is 10.2 Å². The van der Waals surface area contributed by atoms with E-state index in [0.717, 1.165) is 37.4 Å². The first-order valence-corrected chi connectivity index (χ1v) is 12.4. The highest BCUT2D eigenvalue weighted by Gasteiger charge is 2.24. The topological polar surface area (TPSA) is 66.5 Å². The number of benzene rings is 1. The Morgan fingerprint density at radius 3 is 2.32 bits per heavy atom. The van der Waals surface area contributed by atoms with Gasteiger partial charge in [-0.15, -0.1) is 0 Å². The van der Waals surface area contributed by atoms with E-state index in [1.807, 2.05) is 6.92 Å². The predicted molar refractivity (Wildman–Crippen MR) is 112 cm³/mol. The molecule has 1 heterocycles. The van der Waals surface area contributed by atoms with Gasteiger partial charge in [-0.05, 0) is 50.7 Å². The maximum Gasteiger partial charge on any atom is 0.221 e. The minimum Gasteiger partial charge on any atom is -0.353 e. The molecule has 1 aromatic carbocycles. The smallest absolute Gasteiger partial charge is 0.221 e. The Morgan fingerprint density at radius 1 is 1.04 bits per heavy atom. The van der Waals surface area contributed by atoms with E-state index in [-0.39, 0.29) is 24.1 Å². The molecule has 0 bridgehead atoms. The number of rotatable bonds is 7. The lowest BCUT2D eigenvalue weighted by Gasteiger charge is -2.35. The summed E-state index contributed by atoms with van der Waals surface area (Å²) >= 11 is 0. The largest absolute Gasteiger partial charge is 0.353 e. The third-order valence-electron chi connectivity index (χ3n) is 6.17. The Kier molecular flexibility index (Phi) is 7.52. The molecular formula is C22H34N2O3S. The molecule has 1 amide bonds. The average Bonchev–Trinajstić information content (AvgIpc) is 2.69. The average molecular weight is 407 g/mol. The summed E-state index contributed by atoms with van der Waals surface area (Å²) in [4.78, 5) is 15.1. The molecule has 1 N–H and O–H groups in total. The second kappa shape index (κ2) is 9.88. The van der Waals surface area contributed by atoms with E-state index in [9.17, 15) is 13.2 Å². The van der Waals surface area contributed by atoms with E-state index in [1.54, 1.807) is 24.3 Å². The zero-order valence-electron chi connectivity index (χ0n) is 17.0. The Labute approximate surface area is 169 Å². The van der Waals surface area contributed by atoms with Crippen LogP contribution in [-0.4, -0.2) is 50.7 Å². The number of sulfone groups is 1. The van der Waals surface area contributed by atoms with E-state index in [4.69, 9.17) is 0 Å². The molecule has 1 saturated heterocycles. The maximum absolute atomic E-state index is 12.4. The molecule has 0 spiro atoms. The number of hydrogen-bond acceptors (Lipinski definition) is 4. The Morgan fingerprint density at radius 2 is 1.68 bits per heavy atom. The van der Waals surface area contributed by atoms with Crippen LogP contribution in [0.1, 0.15) is 56.9 Å². The summed E-state index contributed by atoms with van der Waals surface area (Å²) in [7, 11) is -3.41. The number of nitrogens with zero attached hydrogens (tertiary/aromatic N) is 1. The van der Waals surface area contributed by atoms with E-state index in [0.29, 0.717) is 4.90 Å². The normalized spacial score (nSPS) is 20.2. The summed E-state index contributed by atoms with van der Waals surface area (Å²) in [6.07, 6.45) is 8.83. The molecule has 3 rings (SSSR count). The van der Waals surface area contributed by atoms with Gasteiger partial charge < -0.3 is 10.2 Å². The summed E-state index contributed by atoms with van der Waals surface area (Å²) in [5.74, 6) is 0.566. The van der Waals surface area contributed by atoms with Gasteiger partial charge in [-0.3, -0.25) is 4.79 Å². The van der Waals surface area contributed by atoms with Crippen LogP contribution in [-0.2, 0) is 14.6 Å². The van der Waals surface area contributed by atoms with Crippen molar-refractivity contribution in [2.75, 3.05) is 25.4 Å². The molecule has 1 aliphatic carbocycles. The van der Waals surface area contributed by atoms with Gasteiger partial charge in [0.15, 0.2) is 9.84 Å². The van der Waals surface area contributed by atoms with Crippen molar-refractivity contribution < 1.29 is 13.2 Å². The predicted octanol–water partition coefficient (Wildman–Crippen LogP) is 3.32. The second-order valence-electron chi connectivity index (χ2n) is 8.53. The van der Waals surface area contributed by atoms with Crippen molar-refractivity contribution in [3.63, 3.8) is 0 Å². The lowest BCUT2D eigenvalue weighted by molar-refractivity contribution is -0.121. The van der Waals surface area contributed by atoms with Crippen LogP contribution in [0.5, 0.6) is 0 Å². The van der Waals surface area contributed by atoms with Gasteiger partial charge in [-0.1, -0.05) is 37.0 Å². The first kappa shape index (κ1) is 21.3. The van der Waals surface area contributed by atoms with Crippen molar-refractivity contribution >= 4 is 15.7 Å². The van der Waals surface area contributed by atoms with Gasteiger partial charge in [0, 0.05) is 32.1 Å². The van der Waals surface area contributed by atoms with Crippen LogP contribution in [0.2, 0.25) is 0 Å². The summed E-state index contributed by atoms with van der Waals surface area (Å²) in [6.45, 7) is 5.19. The van der Waals surface area contributed by atoms with Crippen molar-refractivity contribution in [1.82, 2.24) is 10.2 Å². The number of nitrogens with one attached hydrogen (secondary N) is 1. The molecular weight excluding hydrogens is 372 g/mol. The zero-order valence-corrected chi connectivity index (χ0v) is 17.8. The van der Waals surface area contributed by atoms with Gasteiger partial charge >= 0.3 is 0 Å². The molecule has 28 heavy (non-hydrogen) atoms. The molecule has 5 nitrogen and oxygen atoms in total.